The summed E-state index contributed by atoms with van der Waals surface area (Å²) in [6.07, 6.45) is 2.36. The SMILES string of the molecule is COC(=O)C(CC1CC1)NC(=O)c1c(N)ccc(F)c1F. The Balaban J connectivity index is 2.18. The fraction of sp³-hybridized carbons (Fsp3) is 0.429. The van der Waals surface area contributed by atoms with Gasteiger partial charge in [-0.05, 0) is 24.5 Å². The molecule has 0 bridgehead atoms. The molecular weight excluding hydrogens is 282 g/mol. The maximum Gasteiger partial charge on any atom is 0.328 e. The van der Waals surface area contributed by atoms with Gasteiger partial charge < -0.3 is 15.8 Å². The number of benzene rings is 1. The van der Waals surface area contributed by atoms with Gasteiger partial charge in [0.1, 0.15) is 11.6 Å². The fourth-order valence-electron chi connectivity index (χ4n) is 2.07. The van der Waals surface area contributed by atoms with E-state index in [-0.39, 0.29) is 5.69 Å². The summed E-state index contributed by atoms with van der Waals surface area (Å²) in [4.78, 5) is 23.7. The number of hydrogen-bond acceptors (Lipinski definition) is 4. The van der Waals surface area contributed by atoms with E-state index < -0.39 is 35.1 Å². The maximum atomic E-state index is 13.7. The van der Waals surface area contributed by atoms with Gasteiger partial charge in [0.2, 0.25) is 0 Å². The van der Waals surface area contributed by atoms with Crippen LogP contribution < -0.4 is 11.1 Å². The molecule has 21 heavy (non-hydrogen) atoms. The standard InChI is InChI=1S/C14H16F2N2O3/c1-21-14(20)10(6-7-2-3-7)18-13(19)11-9(17)5-4-8(15)12(11)16/h4-5,7,10H,2-3,6,17H2,1H3,(H,18,19). The molecule has 0 heterocycles. The summed E-state index contributed by atoms with van der Waals surface area (Å²) in [6.45, 7) is 0. The number of amides is 1. The van der Waals surface area contributed by atoms with Gasteiger partial charge in [-0.25, -0.2) is 13.6 Å². The number of esters is 1. The second-order valence-electron chi connectivity index (χ2n) is 5.05. The minimum atomic E-state index is -1.33. The molecule has 1 aliphatic rings. The van der Waals surface area contributed by atoms with Crippen molar-refractivity contribution in [1.29, 1.82) is 0 Å². The molecule has 1 atom stereocenters. The summed E-state index contributed by atoms with van der Waals surface area (Å²) in [6, 6.07) is 1.04. The number of ether oxygens (including phenoxy) is 1. The first-order chi connectivity index (χ1) is 9.93. The second kappa shape index (κ2) is 6.07. The third-order valence-electron chi connectivity index (χ3n) is 3.41. The number of nitrogen functional groups attached to an aromatic ring is 1. The van der Waals surface area contributed by atoms with Crippen molar-refractivity contribution in [3.8, 4) is 0 Å². The van der Waals surface area contributed by atoms with E-state index in [0.29, 0.717) is 12.3 Å². The van der Waals surface area contributed by atoms with Crippen molar-refractivity contribution in [3.05, 3.63) is 29.3 Å². The lowest BCUT2D eigenvalue weighted by Crippen LogP contribution is -2.42. The molecule has 1 aliphatic carbocycles. The van der Waals surface area contributed by atoms with Gasteiger partial charge in [0.15, 0.2) is 11.6 Å². The molecule has 0 aromatic heterocycles. The van der Waals surface area contributed by atoms with E-state index in [4.69, 9.17) is 5.73 Å². The fourth-order valence-corrected chi connectivity index (χ4v) is 2.07. The number of hydrogen-bond donors (Lipinski definition) is 2. The Hall–Kier alpha value is -2.18. The van der Waals surface area contributed by atoms with Crippen LogP contribution in [0.2, 0.25) is 0 Å². The molecule has 0 radical (unpaired) electrons. The van der Waals surface area contributed by atoms with Crippen LogP contribution in [0.15, 0.2) is 12.1 Å². The highest BCUT2D eigenvalue weighted by molar-refractivity contribution is 6.01. The van der Waals surface area contributed by atoms with E-state index in [1.807, 2.05) is 0 Å². The second-order valence-corrected chi connectivity index (χ2v) is 5.05. The van der Waals surface area contributed by atoms with Crippen LogP contribution in [-0.2, 0) is 9.53 Å². The zero-order valence-corrected chi connectivity index (χ0v) is 11.5. The quantitative estimate of drug-likeness (QED) is 0.639. The smallest absolute Gasteiger partial charge is 0.328 e. The highest BCUT2D eigenvalue weighted by Crippen LogP contribution is 2.33. The number of anilines is 1. The molecular formula is C14H16F2N2O3. The number of nitrogens with one attached hydrogen (secondary N) is 1. The summed E-state index contributed by atoms with van der Waals surface area (Å²) in [5, 5.41) is 2.36. The van der Waals surface area contributed by atoms with Gasteiger partial charge in [-0.1, -0.05) is 12.8 Å². The van der Waals surface area contributed by atoms with E-state index in [9.17, 15) is 18.4 Å². The highest BCUT2D eigenvalue weighted by Gasteiger charge is 2.32. The monoisotopic (exact) mass is 298 g/mol. The summed E-state index contributed by atoms with van der Waals surface area (Å²) in [5.41, 5.74) is 4.71. The Labute approximate surface area is 120 Å². The molecule has 5 nitrogen and oxygen atoms in total. The van der Waals surface area contributed by atoms with Crippen LogP contribution in [0.1, 0.15) is 29.6 Å². The molecule has 0 aliphatic heterocycles. The predicted molar refractivity (Wildman–Crippen MR) is 71.4 cm³/mol. The van der Waals surface area contributed by atoms with Crippen LogP contribution in [0.5, 0.6) is 0 Å². The molecule has 0 spiro atoms. The van der Waals surface area contributed by atoms with Crippen LogP contribution in [-0.4, -0.2) is 25.0 Å². The first-order valence-corrected chi connectivity index (χ1v) is 6.56. The van der Waals surface area contributed by atoms with Crippen molar-refractivity contribution < 1.29 is 23.1 Å². The van der Waals surface area contributed by atoms with Crippen LogP contribution >= 0.6 is 0 Å². The average Bonchev–Trinajstić information content (AvgIpc) is 3.25. The van der Waals surface area contributed by atoms with Gasteiger partial charge in [0.05, 0.1) is 7.11 Å². The molecule has 114 valence electrons. The number of carbonyl (C=O) groups is 2. The molecule has 7 heteroatoms. The molecule has 2 rings (SSSR count). The van der Waals surface area contributed by atoms with E-state index in [1.165, 1.54) is 7.11 Å². The van der Waals surface area contributed by atoms with E-state index in [2.05, 4.69) is 10.1 Å². The number of carbonyl (C=O) groups excluding carboxylic acids is 2. The predicted octanol–water partition coefficient (Wildman–Crippen LogP) is 1.62. The van der Waals surface area contributed by atoms with Crippen LogP contribution in [0.4, 0.5) is 14.5 Å². The van der Waals surface area contributed by atoms with Crippen LogP contribution in [0.25, 0.3) is 0 Å². The largest absolute Gasteiger partial charge is 0.467 e. The first-order valence-electron chi connectivity index (χ1n) is 6.56. The molecule has 1 fully saturated rings. The van der Waals surface area contributed by atoms with E-state index >= 15 is 0 Å². The van der Waals surface area contributed by atoms with Crippen molar-refractivity contribution in [1.82, 2.24) is 5.32 Å². The molecule has 0 saturated heterocycles. The lowest BCUT2D eigenvalue weighted by molar-refractivity contribution is -0.143. The van der Waals surface area contributed by atoms with Gasteiger partial charge >= 0.3 is 5.97 Å². The molecule has 1 amide bonds. The first kappa shape index (κ1) is 15.2. The molecule has 1 unspecified atom stereocenters. The summed E-state index contributed by atoms with van der Waals surface area (Å²) in [5.74, 6) is -3.72. The number of methoxy groups -OCH3 is 1. The summed E-state index contributed by atoms with van der Waals surface area (Å²) >= 11 is 0. The highest BCUT2D eigenvalue weighted by atomic mass is 19.2. The Kier molecular flexibility index (Phi) is 4.40. The van der Waals surface area contributed by atoms with Crippen LogP contribution in [0.3, 0.4) is 0 Å². The molecule has 1 saturated carbocycles. The van der Waals surface area contributed by atoms with Gasteiger partial charge in [-0.15, -0.1) is 0 Å². The van der Waals surface area contributed by atoms with E-state index in [1.54, 1.807) is 0 Å². The van der Waals surface area contributed by atoms with Gasteiger partial charge in [-0.2, -0.15) is 0 Å². The Morgan fingerprint density at radius 3 is 2.67 bits per heavy atom. The third-order valence-corrected chi connectivity index (χ3v) is 3.41. The van der Waals surface area contributed by atoms with Gasteiger partial charge in [0, 0.05) is 5.69 Å². The summed E-state index contributed by atoms with van der Waals surface area (Å²) < 4.78 is 31.5. The topological polar surface area (TPSA) is 81.4 Å². The Morgan fingerprint density at radius 2 is 2.10 bits per heavy atom. The Bertz CT molecular complexity index is 574. The third kappa shape index (κ3) is 3.48. The van der Waals surface area contributed by atoms with Crippen molar-refractivity contribution in [2.45, 2.75) is 25.3 Å². The lowest BCUT2D eigenvalue weighted by Gasteiger charge is -2.17. The molecule has 1 aromatic carbocycles. The van der Waals surface area contributed by atoms with Crippen molar-refractivity contribution in [2.75, 3.05) is 12.8 Å². The van der Waals surface area contributed by atoms with E-state index in [0.717, 1.165) is 25.0 Å². The van der Waals surface area contributed by atoms with Gasteiger partial charge in [-0.3, -0.25) is 4.79 Å². The van der Waals surface area contributed by atoms with Crippen molar-refractivity contribution >= 4 is 17.6 Å². The number of halogens is 2. The van der Waals surface area contributed by atoms with Gasteiger partial charge in [0.25, 0.3) is 5.91 Å². The Morgan fingerprint density at radius 1 is 1.43 bits per heavy atom. The maximum absolute atomic E-state index is 13.7. The normalized spacial score (nSPS) is 15.4. The molecule has 1 aromatic rings. The minimum Gasteiger partial charge on any atom is -0.467 e. The lowest BCUT2D eigenvalue weighted by atomic mass is 10.1. The number of nitrogens with two attached hydrogens (primary N) is 1. The zero-order valence-electron chi connectivity index (χ0n) is 11.5. The zero-order chi connectivity index (χ0) is 15.6. The average molecular weight is 298 g/mol. The number of rotatable bonds is 5. The van der Waals surface area contributed by atoms with Crippen LogP contribution in [0, 0.1) is 17.6 Å². The summed E-state index contributed by atoms with van der Waals surface area (Å²) in [7, 11) is 1.20. The van der Waals surface area contributed by atoms with Crippen molar-refractivity contribution in [2.24, 2.45) is 5.92 Å². The molecule has 3 N–H and O–H groups in total. The van der Waals surface area contributed by atoms with Crippen molar-refractivity contribution in [3.63, 3.8) is 0 Å². The minimum absolute atomic E-state index is 0.193.